The van der Waals surface area contributed by atoms with Crippen molar-refractivity contribution in [3.63, 3.8) is 0 Å². The van der Waals surface area contributed by atoms with Crippen molar-refractivity contribution in [3.05, 3.63) is 95.6 Å². The maximum atomic E-state index is 12.4. The van der Waals surface area contributed by atoms with Crippen LogP contribution in [0.15, 0.2) is 78.9 Å². The van der Waals surface area contributed by atoms with Gasteiger partial charge in [-0.1, -0.05) is 36.4 Å². The molecule has 6 nitrogen and oxygen atoms in total. The van der Waals surface area contributed by atoms with Crippen LogP contribution in [-0.2, 0) is 16.1 Å². The Kier molecular flexibility index (Phi) is 6.80. The highest BCUT2D eigenvalue weighted by atomic mass is 16.5. The van der Waals surface area contributed by atoms with Gasteiger partial charge < -0.3 is 14.8 Å². The quantitative estimate of drug-likeness (QED) is 0.597. The van der Waals surface area contributed by atoms with Crippen LogP contribution in [0.3, 0.4) is 0 Å². The van der Waals surface area contributed by atoms with Crippen molar-refractivity contribution in [3.8, 4) is 11.8 Å². The highest BCUT2D eigenvalue weighted by Crippen LogP contribution is 2.17. The number of ether oxygens (including phenoxy) is 2. The Morgan fingerprint density at radius 2 is 1.73 bits per heavy atom. The lowest BCUT2D eigenvalue weighted by Crippen LogP contribution is -2.30. The molecule has 0 aromatic heterocycles. The van der Waals surface area contributed by atoms with Gasteiger partial charge in [0.25, 0.3) is 5.91 Å². The normalized spacial score (nSPS) is 11.1. The molecule has 0 aliphatic carbocycles. The predicted molar refractivity (Wildman–Crippen MR) is 112 cm³/mol. The summed E-state index contributed by atoms with van der Waals surface area (Å²) in [6.07, 6.45) is -0.998. The molecule has 0 aliphatic rings. The summed E-state index contributed by atoms with van der Waals surface area (Å²) in [6.45, 7) is 1.87. The van der Waals surface area contributed by atoms with Gasteiger partial charge in [0, 0.05) is 5.69 Å². The maximum absolute atomic E-state index is 12.4. The molecule has 0 unspecified atom stereocenters. The molecule has 0 saturated heterocycles. The number of amides is 1. The molecule has 1 atom stereocenters. The molecule has 30 heavy (non-hydrogen) atoms. The van der Waals surface area contributed by atoms with Crippen molar-refractivity contribution >= 4 is 17.6 Å². The average molecular weight is 400 g/mol. The van der Waals surface area contributed by atoms with Gasteiger partial charge in [-0.2, -0.15) is 5.26 Å². The summed E-state index contributed by atoms with van der Waals surface area (Å²) in [7, 11) is 0. The minimum absolute atomic E-state index is 0.290. The first-order valence-corrected chi connectivity index (χ1v) is 9.34. The molecule has 3 aromatic carbocycles. The Morgan fingerprint density at radius 1 is 1.00 bits per heavy atom. The van der Waals surface area contributed by atoms with Gasteiger partial charge in [0.05, 0.1) is 17.2 Å². The van der Waals surface area contributed by atoms with Crippen LogP contribution in [0.1, 0.15) is 28.4 Å². The number of nitriles is 1. The zero-order valence-electron chi connectivity index (χ0n) is 16.4. The largest absolute Gasteiger partial charge is 0.489 e. The second kappa shape index (κ2) is 9.89. The Labute approximate surface area is 174 Å². The van der Waals surface area contributed by atoms with Crippen molar-refractivity contribution in [2.24, 2.45) is 0 Å². The molecule has 0 radical (unpaired) electrons. The van der Waals surface area contributed by atoms with Crippen molar-refractivity contribution in [1.82, 2.24) is 0 Å². The van der Waals surface area contributed by atoms with Crippen LogP contribution in [0.4, 0.5) is 5.69 Å². The van der Waals surface area contributed by atoms with Gasteiger partial charge >= 0.3 is 5.97 Å². The third kappa shape index (κ3) is 5.69. The fourth-order valence-electron chi connectivity index (χ4n) is 2.61. The van der Waals surface area contributed by atoms with Crippen LogP contribution < -0.4 is 10.1 Å². The van der Waals surface area contributed by atoms with Gasteiger partial charge in [-0.15, -0.1) is 0 Å². The molecule has 6 heteroatoms. The Bertz CT molecular complexity index is 1060. The van der Waals surface area contributed by atoms with Gasteiger partial charge in [0.2, 0.25) is 0 Å². The van der Waals surface area contributed by atoms with Crippen molar-refractivity contribution in [1.29, 1.82) is 5.26 Å². The first-order chi connectivity index (χ1) is 14.5. The Hall–Kier alpha value is -4.11. The third-order valence-electron chi connectivity index (χ3n) is 4.25. The van der Waals surface area contributed by atoms with E-state index in [0.717, 1.165) is 5.56 Å². The van der Waals surface area contributed by atoms with Crippen molar-refractivity contribution in [2.75, 3.05) is 5.32 Å². The number of benzene rings is 3. The zero-order valence-corrected chi connectivity index (χ0v) is 16.4. The zero-order chi connectivity index (χ0) is 21.3. The average Bonchev–Trinajstić information content (AvgIpc) is 2.79. The summed E-state index contributed by atoms with van der Waals surface area (Å²) in [5.74, 6) is -0.560. The van der Waals surface area contributed by atoms with E-state index in [4.69, 9.17) is 14.7 Å². The Balaban J connectivity index is 1.56. The van der Waals surface area contributed by atoms with Crippen LogP contribution in [0.2, 0.25) is 0 Å². The number of hydrogen-bond acceptors (Lipinski definition) is 5. The summed E-state index contributed by atoms with van der Waals surface area (Å²) < 4.78 is 11.0. The van der Waals surface area contributed by atoms with Gasteiger partial charge in [-0.25, -0.2) is 4.79 Å². The van der Waals surface area contributed by atoms with E-state index in [1.807, 2.05) is 36.4 Å². The van der Waals surface area contributed by atoms with E-state index in [0.29, 0.717) is 29.2 Å². The summed E-state index contributed by atoms with van der Waals surface area (Å²) >= 11 is 0. The van der Waals surface area contributed by atoms with Crippen LogP contribution >= 0.6 is 0 Å². The molecule has 0 saturated carbocycles. The second-order valence-corrected chi connectivity index (χ2v) is 6.53. The molecular formula is C24H20N2O4. The van der Waals surface area contributed by atoms with Crippen LogP contribution in [0.5, 0.6) is 5.75 Å². The van der Waals surface area contributed by atoms with Crippen LogP contribution in [-0.4, -0.2) is 18.0 Å². The number of nitrogens with zero attached hydrogens (tertiary/aromatic N) is 1. The number of nitrogens with one attached hydrogen (secondary N) is 1. The first-order valence-electron chi connectivity index (χ1n) is 9.34. The molecule has 1 N–H and O–H groups in total. The van der Waals surface area contributed by atoms with E-state index in [1.165, 1.54) is 6.92 Å². The highest BCUT2D eigenvalue weighted by Gasteiger charge is 2.19. The van der Waals surface area contributed by atoms with Gasteiger partial charge in [0.1, 0.15) is 12.4 Å². The Morgan fingerprint density at radius 3 is 2.43 bits per heavy atom. The fraction of sp³-hybridized carbons (Fsp3) is 0.125. The molecule has 0 spiro atoms. The molecule has 1 amide bonds. The number of anilines is 1. The number of carbonyl (C=O) groups is 2. The van der Waals surface area contributed by atoms with Crippen LogP contribution in [0.25, 0.3) is 0 Å². The third-order valence-corrected chi connectivity index (χ3v) is 4.25. The van der Waals surface area contributed by atoms with Crippen LogP contribution in [0, 0.1) is 11.3 Å². The summed E-state index contributed by atoms with van der Waals surface area (Å²) in [5.41, 5.74) is 2.30. The molecule has 0 bridgehead atoms. The predicted octanol–water partition coefficient (Wildman–Crippen LogP) is 4.32. The number of esters is 1. The lowest BCUT2D eigenvalue weighted by Gasteiger charge is -2.14. The van der Waals surface area contributed by atoms with Crippen molar-refractivity contribution < 1.29 is 19.1 Å². The molecule has 3 rings (SSSR count). The standard InChI is InChI=1S/C24H20N2O4/c1-17(23(27)26-21-12-10-18(15-25)11-13-21)30-24(28)20-8-5-9-22(14-20)29-16-19-6-3-2-4-7-19/h2-14,17H,16H2,1H3,(H,26,27)/t17-/m1/s1. The van der Waals surface area contributed by atoms with E-state index in [1.54, 1.807) is 48.5 Å². The summed E-state index contributed by atoms with van der Waals surface area (Å²) in [6, 6.07) is 24.7. The number of carbonyl (C=O) groups excluding carboxylic acids is 2. The van der Waals surface area contributed by atoms with E-state index >= 15 is 0 Å². The number of rotatable bonds is 7. The molecule has 150 valence electrons. The highest BCUT2D eigenvalue weighted by molar-refractivity contribution is 5.97. The minimum atomic E-state index is -0.998. The molecule has 0 heterocycles. The molecular weight excluding hydrogens is 380 g/mol. The van der Waals surface area contributed by atoms with Gasteiger partial charge in [-0.05, 0) is 55.0 Å². The molecule has 0 aliphatic heterocycles. The topological polar surface area (TPSA) is 88.4 Å². The van der Waals surface area contributed by atoms with E-state index < -0.39 is 18.0 Å². The van der Waals surface area contributed by atoms with Gasteiger partial charge in [0.15, 0.2) is 6.10 Å². The maximum Gasteiger partial charge on any atom is 0.339 e. The van der Waals surface area contributed by atoms with E-state index in [9.17, 15) is 9.59 Å². The lowest BCUT2D eigenvalue weighted by atomic mass is 10.2. The van der Waals surface area contributed by atoms with E-state index in [2.05, 4.69) is 5.32 Å². The second-order valence-electron chi connectivity index (χ2n) is 6.53. The van der Waals surface area contributed by atoms with E-state index in [-0.39, 0.29) is 0 Å². The van der Waals surface area contributed by atoms with Gasteiger partial charge in [-0.3, -0.25) is 4.79 Å². The monoisotopic (exact) mass is 400 g/mol. The molecule has 0 fully saturated rings. The SMILES string of the molecule is C[C@@H](OC(=O)c1cccc(OCc2ccccc2)c1)C(=O)Nc1ccc(C#N)cc1. The summed E-state index contributed by atoms with van der Waals surface area (Å²) in [5, 5.41) is 11.5. The fourth-order valence-corrected chi connectivity index (χ4v) is 2.61. The lowest BCUT2D eigenvalue weighted by molar-refractivity contribution is -0.123. The van der Waals surface area contributed by atoms with Crippen molar-refractivity contribution in [2.45, 2.75) is 19.6 Å². The summed E-state index contributed by atoms with van der Waals surface area (Å²) in [4.78, 5) is 24.7. The molecule has 3 aromatic rings. The first kappa shape index (κ1) is 20.6. The minimum Gasteiger partial charge on any atom is -0.489 e. The smallest absolute Gasteiger partial charge is 0.339 e. The number of hydrogen-bond donors (Lipinski definition) is 1.